The van der Waals surface area contributed by atoms with Gasteiger partial charge in [-0.15, -0.1) is 0 Å². The summed E-state index contributed by atoms with van der Waals surface area (Å²) in [4.78, 5) is 27.7. The van der Waals surface area contributed by atoms with Crippen molar-refractivity contribution in [1.82, 2.24) is 9.71 Å². The Balaban J connectivity index is 2.12. The maximum Gasteiger partial charge on any atom is 0.266 e. The van der Waals surface area contributed by atoms with Crippen LogP contribution in [0.2, 0.25) is 0 Å². The van der Waals surface area contributed by atoms with Crippen LogP contribution in [0, 0.1) is 0 Å². The maximum atomic E-state index is 12.8. The molecule has 1 heterocycles. The van der Waals surface area contributed by atoms with Crippen LogP contribution in [-0.4, -0.2) is 38.8 Å². The SMILES string of the molecule is CCCCOc1ccc(C(CC=O)S(=O)(=O)NC(=O)c2ccc(COCC)nc2)cc1. The molecule has 1 N–H and O–H groups in total. The molecule has 0 spiro atoms. The number of nitrogens with one attached hydrogen (secondary N) is 1. The molecule has 0 aliphatic heterocycles. The average molecular weight is 449 g/mol. The third-order valence-corrected chi connectivity index (χ3v) is 6.16. The molecule has 9 heteroatoms. The van der Waals surface area contributed by atoms with Crippen LogP contribution < -0.4 is 9.46 Å². The van der Waals surface area contributed by atoms with Gasteiger partial charge in [0.05, 0.1) is 24.5 Å². The lowest BCUT2D eigenvalue weighted by Gasteiger charge is -2.17. The van der Waals surface area contributed by atoms with E-state index in [2.05, 4.69) is 11.9 Å². The Morgan fingerprint density at radius 2 is 1.90 bits per heavy atom. The molecule has 0 aliphatic carbocycles. The van der Waals surface area contributed by atoms with Crippen LogP contribution >= 0.6 is 0 Å². The van der Waals surface area contributed by atoms with Crippen molar-refractivity contribution in [1.29, 1.82) is 0 Å². The van der Waals surface area contributed by atoms with Gasteiger partial charge in [0, 0.05) is 19.2 Å². The van der Waals surface area contributed by atoms with Gasteiger partial charge in [0.1, 0.15) is 17.3 Å². The second kappa shape index (κ2) is 12.2. The van der Waals surface area contributed by atoms with Crippen molar-refractivity contribution in [2.45, 2.75) is 45.0 Å². The number of benzene rings is 1. The number of amides is 1. The zero-order chi connectivity index (χ0) is 22.7. The third kappa shape index (κ3) is 7.45. The van der Waals surface area contributed by atoms with Crippen LogP contribution in [0.15, 0.2) is 42.6 Å². The van der Waals surface area contributed by atoms with Gasteiger partial charge >= 0.3 is 0 Å². The monoisotopic (exact) mass is 448 g/mol. The molecule has 1 atom stereocenters. The molecular weight excluding hydrogens is 420 g/mol. The first-order valence-corrected chi connectivity index (χ1v) is 11.7. The highest BCUT2D eigenvalue weighted by molar-refractivity contribution is 7.90. The molecule has 0 bridgehead atoms. The highest BCUT2D eigenvalue weighted by atomic mass is 32.2. The number of sulfonamides is 1. The Morgan fingerprint density at radius 3 is 2.48 bits per heavy atom. The predicted octanol–water partition coefficient (Wildman–Crippen LogP) is 3.19. The quantitative estimate of drug-likeness (QED) is 0.370. The molecule has 0 radical (unpaired) electrons. The van der Waals surface area contributed by atoms with Gasteiger partial charge in [-0.3, -0.25) is 9.78 Å². The second-order valence-electron chi connectivity index (χ2n) is 6.81. The lowest BCUT2D eigenvalue weighted by Crippen LogP contribution is -2.34. The number of hydrogen-bond donors (Lipinski definition) is 1. The van der Waals surface area contributed by atoms with E-state index in [1.165, 1.54) is 12.3 Å². The molecule has 0 fully saturated rings. The topological polar surface area (TPSA) is 112 Å². The molecular formula is C22H28N2O6S. The molecule has 2 aromatic rings. The molecule has 1 unspecified atom stereocenters. The molecule has 8 nitrogen and oxygen atoms in total. The number of unbranched alkanes of at least 4 members (excludes halogenated alkanes) is 1. The van der Waals surface area contributed by atoms with Gasteiger partial charge in [-0.05, 0) is 43.2 Å². The van der Waals surface area contributed by atoms with E-state index in [4.69, 9.17) is 9.47 Å². The number of pyridine rings is 1. The van der Waals surface area contributed by atoms with E-state index < -0.39 is 21.2 Å². The minimum Gasteiger partial charge on any atom is -0.494 e. The number of aldehydes is 1. The van der Waals surface area contributed by atoms with Gasteiger partial charge in [0.2, 0.25) is 10.0 Å². The van der Waals surface area contributed by atoms with Crippen molar-refractivity contribution >= 4 is 22.2 Å². The lowest BCUT2D eigenvalue weighted by molar-refractivity contribution is -0.107. The highest BCUT2D eigenvalue weighted by Gasteiger charge is 2.29. The van der Waals surface area contributed by atoms with E-state index in [-0.39, 0.29) is 12.0 Å². The molecule has 1 amide bonds. The summed E-state index contributed by atoms with van der Waals surface area (Å²) in [7, 11) is -4.17. The zero-order valence-electron chi connectivity index (χ0n) is 17.7. The Bertz CT molecular complexity index is 943. The molecule has 1 aromatic carbocycles. The van der Waals surface area contributed by atoms with Crippen molar-refractivity contribution < 1.29 is 27.5 Å². The molecule has 168 valence electrons. The Labute approximate surface area is 183 Å². The van der Waals surface area contributed by atoms with Crippen molar-refractivity contribution in [3.05, 3.63) is 59.4 Å². The van der Waals surface area contributed by atoms with Gasteiger partial charge in [-0.2, -0.15) is 0 Å². The smallest absolute Gasteiger partial charge is 0.266 e. The van der Waals surface area contributed by atoms with Crippen LogP contribution in [-0.2, 0) is 26.2 Å². The fourth-order valence-corrected chi connectivity index (χ4v) is 4.12. The van der Waals surface area contributed by atoms with E-state index in [0.717, 1.165) is 12.8 Å². The molecule has 31 heavy (non-hydrogen) atoms. The lowest BCUT2D eigenvalue weighted by atomic mass is 10.1. The number of carbonyl (C=O) groups excluding carboxylic acids is 2. The first kappa shape index (κ1) is 24.5. The number of ether oxygens (including phenoxy) is 2. The summed E-state index contributed by atoms with van der Waals surface area (Å²) in [5, 5.41) is -1.20. The molecule has 0 aliphatic rings. The van der Waals surface area contributed by atoms with Gasteiger partial charge in [0.25, 0.3) is 5.91 Å². The summed E-state index contributed by atoms with van der Waals surface area (Å²) in [6.45, 7) is 5.32. The number of nitrogens with zero attached hydrogens (tertiary/aromatic N) is 1. The molecule has 0 saturated heterocycles. The van der Waals surface area contributed by atoms with E-state index >= 15 is 0 Å². The minimum atomic E-state index is -4.17. The fraction of sp³-hybridized carbons (Fsp3) is 0.409. The highest BCUT2D eigenvalue weighted by Crippen LogP contribution is 2.26. The standard InChI is InChI=1S/C22H28N2O6S/c1-3-5-14-30-20-10-7-17(8-11-20)21(12-13-25)31(27,28)24-22(26)18-6-9-19(23-15-18)16-29-4-2/h6-11,13,15,21H,3-5,12,14,16H2,1-2H3,(H,24,26). The minimum absolute atomic E-state index is 0.0911. The average Bonchev–Trinajstić information content (AvgIpc) is 2.77. The Kier molecular flexibility index (Phi) is 9.61. The molecule has 0 saturated carbocycles. The van der Waals surface area contributed by atoms with Crippen LogP contribution in [0.4, 0.5) is 0 Å². The molecule has 1 aromatic heterocycles. The summed E-state index contributed by atoms with van der Waals surface area (Å²) < 4.78 is 38.6. The Morgan fingerprint density at radius 1 is 1.16 bits per heavy atom. The summed E-state index contributed by atoms with van der Waals surface area (Å²) in [5.41, 5.74) is 1.11. The van der Waals surface area contributed by atoms with Crippen molar-refractivity contribution in [3.8, 4) is 5.75 Å². The number of rotatable bonds is 13. The van der Waals surface area contributed by atoms with E-state index in [9.17, 15) is 18.0 Å². The maximum absolute atomic E-state index is 12.8. The summed E-state index contributed by atoms with van der Waals surface area (Å²) in [5.74, 6) is -0.201. The first-order valence-electron chi connectivity index (χ1n) is 10.2. The molecule has 2 rings (SSSR count). The van der Waals surface area contributed by atoms with Crippen LogP contribution in [0.1, 0.15) is 60.0 Å². The zero-order valence-corrected chi connectivity index (χ0v) is 18.6. The largest absolute Gasteiger partial charge is 0.494 e. The van der Waals surface area contributed by atoms with Gasteiger partial charge in [-0.1, -0.05) is 25.5 Å². The Hall–Kier alpha value is -2.78. The van der Waals surface area contributed by atoms with Gasteiger partial charge < -0.3 is 14.3 Å². The van der Waals surface area contributed by atoms with Crippen molar-refractivity contribution in [2.24, 2.45) is 0 Å². The second-order valence-corrected chi connectivity index (χ2v) is 8.68. The van der Waals surface area contributed by atoms with Gasteiger partial charge in [0.15, 0.2) is 0 Å². The first-order chi connectivity index (χ1) is 14.9. The summed E-state index contributed by atoms with van der Waals surface area (Å²) >= 11 is 0. The summed E-state index contributed by atoms with van der Waals surface area (Å²) in [6.07, 6.45) is 3.43. The van der Waals surface area contributed by atoms with Crippen molar-refractivity contribution in [2.75, 3.05) is 13.2 Å². The van der Waals surface area contributed by atoms with Crippen LogP contribution in [0.5, 0.6) is 5.75 Å². The van der Waals surface area contributed by atoms with E-state index in [0.29, 0.717) is 43.1 Å². The van der Waals surface area contributed by atoms with E-state index in [1.54, 1.807) is 30.3 Å². The third-order valence-electron chi connectivity index (χ3n) is 4.48. The fourth-order valence-electron chi connectivity index (χ4n) is 2.75. The number of aromatic nitrogens is 1. The predicted molar refractivity (Wildman–Crippen MR) is 116 cm³/mol. The number of carbonyl (C=O) groups is 2. The van der Waals surface area contributed by atoms with Gasteiger partial charge in [-0.25, -0.2) is 13.1 Å². The normalized spacial score (nSPS) is 12.2. The summed E-state index contributed by atoms with van der Waals surface area (Å²) in [6, 6.07) is 9.55. The van der Waals surface area contributed by atoms with Crippen LogP contribution in [0.3, 0.4) is 0 Å². The van der Waals surface area contributed by atoms with Crippen molar-refractivity contribution in [3.63, 3.8) is 0 Å². The number of hydrogen-bond acceptors (Lipinski definition) is 7. The van der Waals surface area contributed by atoms with E-state index in [1.807, 2.05) is 11.6 Å². The van der Waals surface area contributed by atoms with Crippen LogP contribution in [0.25, 0.3) is 0 Å².